The minimum absolute atomic E-state index is 1.02. The highest BCUT2D eigenvalue weighted by atomic mass is 15.0. The molecule has 11 heavy (non-hydrogen) atoms. The Bertz CT molecular complexity index is 236. The van der Waals surface area contributed by atoms with Crippen molar-refractivity contribution in [2.45, 2.75) is 6.42 Å². The maximum Gasteiger partial charge on any atom is 0.0536 e. The van der Waals surface area contributed by atoms with Gasteiger partial charge in [0.25, 0.3) is 0 Å². The second-order valence-corrected chi connectivity index (χ2v) is 2.74. The van der Waals surface area contributed by atoms with E-state index >= 15 is 0 Å². The summed E-state index contributed by atoms with van der Waals surface area (Å²) < 4.78 is 0. The molecule has 0 unspecified atom stereocenters. The third-order valence-electron chi connectivity index (χ3n) is 1.94. The quantitative estimate of drug-likeness (QED) is 0.533. The Kier molecular flexibility index (Phi) is 1.68. The van der Waals surface area contributed by atoms with E-state index in [1.807, 2.05) is 0 Å². The van der Waals surface area contributed by atoms with Crippen molar-refractivity contribution < 1.29 is 0 Å². The lowest BCUT2D eigenvalue weighted by molar-refractivity contribution is 0.652. The van der Waals surface area contributed by atoms with Crippen molar-refractivity contribution >= 4 is 0 Å². The van der Waals surface area contributed by atoms with Gasteiger partial charge in [-0.15, -0.1) is 0 Å². The van der Waals surface area contributed by atoms with Crippen LogP contribution in [0.1, 0.15) is 6.42 Å². The van der Waals surface area contributed by atoms with E-state index in [1.54, 1.807) is 0 Å². The van der Waals surface area contributed by atoms with Crippen molar-refractivity contribution in [2.75, 3.05) is 13.1 Å². The van der Waals surface area contributed by atoms with Gasteiger partial charge in [0.05, 0.1) is 5.70 Å². The van der Waals surface area contributed by atoms with Gasteiger partial charge in [0.1, 0.15) is 0 Å². The molecule has 2 aliphatic rings. The zero-order valence-electron chi connectivity index (χ0n) is 6.43. The molecule has 1 aliphatic carbocycles. The fourth-order valence-electron chi connectivity index (χ4n) is 1.37. The van der Waals surface area contributed by atoms with Crippen LogP contribution in [0.2, 0.25) is 0 Å². The molecular weight excluding hydrogens is 136 g/mol. The molecule has 0 aromatic carbocycles. The lowest BCUT2D eigenvalue weighted by Gasteiger charge is -2.20. The molecule has 0 amide bonds. The molecule has 2 heteroatoms. The van der Waals surface area contributed by atoms with Gasteiger partial charge in [0.15, 0.2) is 0 Å². The molecule has 2 N–H and O–H groups in total. The normalized spacial score (nSPS) is 21.8. The number of allylic oxidation sites excluding steroid dienone is 4. The van der Waals surface area contributed by atoms with Crippen LogP contribution in [0.3, 0.4) is 0 Å². The van der Waals surface area contributed by atoms with Crippen LogP contribution in [0.5, 0.6) is 0 Å². The van der Waals surface area contributed by atoms with Crippen LogP contribution in [0.15, 0.2) is 35.7 Å². The second-order valence-electron chi connectivity index (χ2n) is 2.74. The number of hydrogen-bond donors (Lipinski definition) is 2. The minimum Gasteiger partial charge on any atom is -0.385 e. The van der Waals surface area contributed by atoms with E-state index < -0.39 is 0 Å². The molecule has 1 heterocycles. The molecule has 0 saturated heterocycles. The van der Waals surface area contributed by atoms with E-state index in [9.17, 15) is 0 Å². The van der Waals surface area contributed by atoms with Crippen LogP contribution in [-0.4, -0.2) is 13.1 Å². The van der Waals surface area contributed by atoms with E-state index in [2.05, 4.69) is 34.9 Å². The highest BCUT2D eigenvalue weighted by Gasteiger charge is 2.07. The maximum atomic E-state index is 3.38. The predicted octanol–water partition coefficient (Wildman–Crippen LogP) is 0.907. The first-order chi connectivity index (χ1) is 5.47. The van der Waals surface area contributed by atoms with Gasteiger partial charge in [-0.1, -0.05) is 18.2 Å². The lowest BCUT2D eigenvalue weighted by atomic mass is 10.2. The SMILES string of the molecule is C1=CCC2=C(C=C1)NCCN2. The van der Waals surface area contributed by atoms with E-state index in [1.165, 1.54) is 11.4 Å². The van der Waals surface area contributed by atoms with Crippen molar-refractivity contribution in [3.63, 3.8) is 0 Å². The summed E-state index contributed by atoms with van der Waals surface area (Å²) in [6.45, 7) is 2.07. The van der Waals surface area contributed by atoms with Gasteiger partial charge in [-0.3, -0.25) is 0 Å². The standard InChI is InChI=1S/C9H12N2/c1-2-4-8-9(5-3-1)11-7-6-10-8/h1-4,10-11H,5-7H2. The third kappa shape index (κ3) is 1.29. The van der Waals surface area contributed by atoms with Gasteiger partial charge in [0, 0.05) is 25.2 Å². The number of hydrogen-bond acceptors (Lipinski definition) is 2. The first kappa shape index (κ1) is 6.53. The van der Waals surface area contributed by atoms with Crippen LogP contribution in [-0.2, 0) is 0 Å². The first-order valence-corrected chi connectivity index (χ1v) is 4.01. The summed E-state index contributed by atoms with van der Waals surface area (Å²) in [5, 5.41) is 6.73. The molecule has 0 aromatic heterocycles. The Morgan fingerprint density at radius 1 is 1.09 bits per heavy atom. The monoisotopic (exact) mass is 148 g/mol. The van der Waals surface area contributed by atoms with E-state index in [0.29, 0.717) is 0 Å². The molecule has 0 bridgehead atoms. The van der Waals surface area contributed by atoms with Gasteiger partial charge in [0.2, 0.25) is 0 Å². The molecule has 58 valence electrons. The average Bonchev–Trinajstić information content (AvgIpc) is 2.28. The Labute approximate surface area is 66.7 Å². The van der Waals surface area contributed by atoms with Crippen LogP contribution in [0.25, 0.3) is 0 Å². The zero-order valence-corrected chi connectivity index (χ0v) is 6.43. The molecule has 0 radical (unpaired) electrons. The van der Waals surface area contributed by atoms with Gasteiger partial charge in [-0.05, 0) is 6.08 Å². The Morgan fingerprint density at radius 2 is 2.00 bits per heavy atom. The second kappa shape index (κ2) is 2.82. The Balaban J connectivity index is 2.26. The highest BCUT2D eigenvalue weighted by molar-refractivity contribution is 5.31. The van der Waals surface area contributed by atoms with Crippen LogP contribution in [0, 0.1) is 0 Å². The highest BCUT2D eigenvalue weighted by Crippen LogP contribution is 2.11. The van der Waals surface area contributed by atoms with Gasteiger partial charge in [-0.2, -0.15) is 0 Å². The topological polar surface area (TPSA) is 24.1 Å². The number of rotatable bonds is 0. The van der Waals surface area contributed by atoms with Crippen molar-refractivity contribution in [2.24, 2.45) is 0 Å². The van der Waals surface area contributed by atoms with Gasteiger partial charge in [-0.25, -0.2) is 0 Å². The van der Waals surface area contributed by atoms with Crippen LogP contribution < -0.4 is 10.6 Å². The molecule has 0 fully saturated rings. The molecule has 0 saturated carbocycles. The molecule has 0 aromatic rings. The average molecular weight is 148 g/mol. The zero-order chi connectivity index (χ0) is 7.52. The summed E-state index contributed by atoms with van der Waals surface area (Å²) in [6.07, 6.45) is 9.46. The van der Waals surface area contributed by atoms with Crippen molar-refractivity contribution in [3.8, 4) is 0 Å². The van der Waals surface area contributed by atoms with Crippen molar-refractivity contribution in [1.29, 1.82) is 0 Å². The van der Waals surface area contributed by atoms with Crippen molar-refractivity contribution in [1.82, 2.24) is 10.6 Å². The smallest absolute Gasteiger partial charge is 0.0536 e. The van der Waals surface area contributed by atoms with Gasteiger partial charge < -0.3 is 10.6 Å². The minimum atomic E-state index is 1.02. The Hall–Kier alpha value is -1.18. The van der Waals surface area contributed by atoms with Crippen molar-refractivity contribution in [3.05, 3.63) is 35.7 Å². The largest absolute Gasteiger partial charge is 0.385 e. The molecule has 0 spiro atoms. The van der Waals surface area contributed by atoms with E-state index in [0.717, 1.165) is 19.5 Å². The lowest BCUT2D eigenvalue weighted by Crippen LogP contribution is -2.34. The summed E-state index contributed by atoms with van der Waals surface area (Å²) in [5.74, 6) is 0. The maximum absolute atomic E-state index is 3.38. The summed E-state index contributed by atoms with van der Waals surface area (Å²) in [5.41, 5.74) is 2.57. The molecule has 1 aliphatic heterocycles. The molecule has 2 rings (SSSR count). The summed E-state index contributed by atoms with van der Waals surface area (Å²) >= 11 is 0. The fourth-order valence-corrected chi connectivity index (χ4v) is 1.37. The summed E-state index contributed by atoms with van der Waals surface area (Å²) in [7, 11) is 0. The molecule has 0 atom stereocenters. The van der Waals surface area contributed by atoms with Crippen LogP contribution in [0.4, 0.5) is 0 Å². The third-order valence-corrected chi connectivity index (χ3v) is 1.94. The van der Waals surface area contributed by atoms with Crippen LogP contribution >= 0.6 is 0 Å². The summed E-state index contributed by atoms with van der Waals surface area (Å²) in [6, 6.07) is 0. The molecule has 2 nitrogen and oxygen atoms in total. The van der Waals surface area contributed by atoms with E-state index in [-0.39, 0.29) is 0 Å². The summed E-state index contributed by atoms with van der Waals surface area (Å²) in [4.78, 5) is 0. The van der Waals surface area contributed by atoms with Gasteiger partial charge >= 0.3 is 0 Å². The van der Waals surface area contributed by atoms with E-state index in [4.69, 9.17) is 0 Å². The Morgan fingerprint density at radius 3 is 3.00 bits per heavy atom. The fraction of sp³-hybridized carbons (Fsp3) is 0.333. The number of nitrogens with one attached hydrogen (secondary N) is 2. The first-order valence-electron chi connectivity index (χ1n) is 4.01. The molecular formula is C9H12N2. The predicted molar refractivity (Wildman–Crippen MR) is 45.9 cm³/mol.